The third-order valence-electron chi connectivity index (χ3n) is 4.01. The largest absolute Gasteiger partial charge is 0.371 e. The predicted octanol–water partition coefficient (Wildman–Crippen LogP) is 1.61. The van der Waals surface area contributed by atoms with Crippen molar-refractivity contribution in [2.75, 3.05) is 6.61 Å². The molecule has 5 heteroatoms. The average Bonchev–Trinajstić information content (AvgIpc) is 2.59. The van der Waals surface area contributed by atoms with Crippen LogP contribution in [0.1, 0.15) is 33.1 Å². The highest BCUT2D eigenvalue weighted by molar-refractivity contribution is 5.04. The van der Waals surface area contributed by atoms with Crippen LogP contribution in [0.2, 0.25) is 0 Å². The average molecular weight is 248 g/mol. The van der Waals surface area contributed by atoms with Crippen LogP contribution in [0, 0.1) is 0 Å². The maximum atomic E-state index is 12.2. The Morgan fingerprint density at radius 3 is 2.65 bits per heavy atom. The highest BCUT2D eigenvalue weighted by Crippen LogP contribution is 2.37. The Hall–Kier alpha value is -0.260. The van der Waals surface area contributed by atoms with Crippen molar-refractivity contribution in [2.24, 2.45) is 5.73 Å². The van der Waals surface area contributed by atoms with Crippen LogP contribution in [0.3, 0.4) is 0 Å². The summed E-state index contributed by atoms with van der Waals surface area (Å²) in [6, 6.07) is 1.10. The van der Waals surface area contributed by atoms with Gasteiger partial charge in [-0.3, -0.25) is 4.90 Å². The van der Waals surface area contributed by atoms with Crippen molar-refractivity contribution in [2.45, 2.75) is 69.8 Å². The van der Waals surface area contributed by atoms with E-state index in [0.717, 1.165) is 19.3 Å². The highest BCUT2D eigenvalue weighted by Gasteiger charge is 2.47. The normalized spacial score (nSPS) is 38.3. The van der Waals surface area contributed by atoms with Gasteiger partial charge in [0.15, 0.2) is 0 Å². The molecule has 2 fully saturated rings. The Balaban J connectivity index is 1.98. The lowest BCUT2D eigenvalue weighted by atomic mass is 9.93. The molecule has 0 amide bonds. The zero-order chi connectivity index (χ0) is 12.6. The van der Waals surface area contributed by atoms with Gasteiger partial charge in [-0.15, -0.1) is 0 Å². The lowest BCUT2D eigenvalue weighted by Crippen LogP contribution is -2.60. The summed E-state index contributed by atoms with van der Waals surface area (Å²) in [6.45, 7) is 3.84. The van der Waals surface area contributed by atoms with Crippen LogP contribution in [0.4, 0.5) is 8.78 Å². The van der Waals surface area contributed by atoms with Gasteiger partial charge in [0, 0.05) is 24.2 Å². The fourth-order valence-electron chi connectivity index (χ4n) is 3.42. The molecule has 2 bridgehead atoms. The standard InChI is InChI=1S/C12H22F2N2O/c1-7(2)16-8-3-4-9(16)12(15)10(5-8)17-6-11(13)14/h7-12H,3-6,15H2,1-2H3/t8-,9+,10+,12-/m0/s1. The molecule has 0 aromatic carbocycles. The third-order valence-corrected chi connectivity index (χ3v) is 4.01. The van der Waals surface area contributed by atoms with E-state index in [1.165, 1.54) is 0 Å². The minimum atomic E-state index is -2.40. The molecule has 0 aromatic rings. The number of rotatable bonds is 4. The summed E-state index contributed by atoms with van der Waals surface area (Å²) in [5.74, 6) is 0. The molecule has 0 unspecified atom stereocenters. The van der Waals surface area contributed by atoms with Gasteiger partial charge in [0.05, 0.1) is 6.10 Å². The van der Waals surface area contributed by atoms with Crippen molar-refractivity contribution in [1.82, 2.24) is 4.90 Å². The summed E-state index contributed by atoms with van der Waals surface area (Å²) in [7, 11) is 0. The number of piperidine rings is 1. The van der Waals surface area contributed by atoms with E-state index in [0.29, 0.717) is 18.1 Å². The molecule has 2 heterocycles. The molecule has 0 spiro atoms. The molecular formula is C12H22F2N2O. The van der Waals surface area contributed by atoms with Crippen LogP contribution < -0.4 is 5.73 Å². The number of alkyl halides is 2. The minimum Gasteiger partial charge on any atom is -0.371 e. The van der Waals surface area contributed by atoms with E-state index >= 15 is 0 Å². The molecule has 0 radical (unpaired) electrons. The number of hydrogen-bond donors (Lipinski definition) is 1. The molecule has 2 saturated heterocycles. The topological polar surface area (TPSA) is 38.5 Å². The number of halogens is 2. The number of nitrogens with two attached hydrogens (primary N) is 1. The lowest BCUT2D eigenvalue weighted by molar-refractivity contribution is -0.0762. The quantitative estimate of drug-likeness (QED) is 0.821. The number of nitrogens with zero attached hydrogens (tertiary/aromatic N) is 1. The van der Waals surface area contributed by atoms with E-state index < -0.39 is 13.0 Å². The Morgan fingerprint density at radius 2 is 2.06 bits per heavy atom. The second kappa shape index (κ2) is 5.16. The van der Waals surface area contributed by atoms with Crippen molar-refractivity contribution in [3.8, 4) is 0 Å². The molecular weight excluding hydrogens is 226 g/mol. The second-order valence-corrected chi connectivity index (χ2v) is 5.42. The van der Waals surface area contributed by atoms with Crippen LogP contribution in [0.5, 0.6) is 0 Å². The molecule has 3 nitrogen and oxygen atoms in total. The van der Waals surface area contributed by atoms with Gasteiger partial charge < -0.3 is 10.5 Å². The van der Waals surface area contributed by atoms with Crippen LogP contribution in [-0.2, 0) is 4.74 Å². The molecule has 2 aliphatic rings. The van der Waals surface area contributed by atoms with Gasteiger partial charge in [0.1, 0.15) is 6.61 Å². The maximum absolute atomic E-state index is 12.2. The number of ether oxygens (including phenoxy) is 1. The van der Waals surface area contributed by atoms with Crippen molar-refractivity contribution < 1.29 is 13.5 Å². The summed E-state index contributed by atoms with van der Waals surface area (Å²) in [4.78, 5) is 2.44. The summed E-state index contributed by atoms with van der Waals surface area (Å²) in [5.41, 5.74) is 6.16. The van der Waals surface area contributed by atoms with E-state index in [4.69, 9.17) is 10.5 Å². The van der Waals surface area contributed by atoms with Crippen molar-refractivity contribution in [1.29, 1.82) is 0 Å². The minimum absolute atomic E-state index is 0.130. The number of fused-ring (bicyclic) bond motifs is 2. The first-order chi connectivity index (χ1) is 8.00. The highest BCUT2D eigenvalue weighted by atomic mass is 19.3. The molecule has 2 aliphatic heterocycles. The first-order valence-corrected chi connectivity index (χ1v) is 6.43. The van der Waals surface area contributed by atoms with Gasteiger partial charge >= 0.3 is 0 Å². The Labute approximate surface area is 101 Å². The van der Waals surface area contributed by atoms with Crippen LogP contribution in [-0.4, -0.2) is 48.2 Å². The second-order valence-electron chi connectivity index (χ2n) is 5.42. The number of hydrogen-bond acceptors (Lipinski definition) is 3. The Kier molecular flexibility index (Phi) is 4.00. The summed E-state index contributed by atoms with van der Waals surface area (Å²) in [6.07, 6.45) is 0.381. The van der Waals surface area contributed by atoms with Crippen LogP contribution in [0.25, 0.3) is 0 Å². The van der Waals surface area contributed by atoms with E-state index in [-0.39, 0.29) is 12.1 Å². The van der Waals surface area contributed by atoms with E-state index in [2.05, 4.69) is 18.7 Å². The van der Waals surface area contributed by atoms with Gasteiger partial charge in [-0.05, 0) is 33.1 Å². The van der Waals surface area contributed by atoms with Crippen LogP contribution in [0.15, 0.2) is 0 Å². The molecule has 2 rings (SSSR count). The zero-order valence-electron chi connectivity index (χ0n) is 10.5. The van der Waals surface area contributed by atoms with E-state index in [1.807, 2.05) is 0 Å². The van der Waals surface area contributed by atoms with Gasteiger partial charge in [-0.1, -0.05) is 0 Å². The fourth-order valence-corrected chi connectivity index (χ4v) is 3.42. The van der Waals surface area contributed by atoms with E-state index in [9.17, 15) is 8.78 Å². The summed E-state index contributed by atoms with van der Waals surface area (Å²) < 4.78 is 29.6. The molecule has 0 aliphatic carbocycles. The molecule has 4 atom stereocenters. The molecule has 0 aromatic heterocycles. The van der Waals surface area contributed by atoms with Gasteiger partial charge in [0.2, 0.25) is 0 Å². The van der Waals surface area contributed by atoms with Crippen LogP contribution >= 0.6 is 0 Å². The first-order valence-electron chi connectivity index (χ1n) is 6.43. The maximum Gasteiger partial charge on any atom is 0.261 e. The van der Waals surface area contributed by atoms with Crippen molar-refractivity contribution >= 4 is 0 Å². The van der Waals surface area contributed by atoms with E-state index in [1.54, 1.807) is 0 Å². The van der Waals surface area contributed by atoms with Crippen molar-refractivity contribution in [3.05, 3.63) is 0 Å². The predicted molar refractivity (Wildman–Crippen MR) is 62.1 cm³/mol. The first kappa shape index (κ1) is 13.2. The monoisotopic (exact) mass is 248 g/mol. The van der Waals surface area contributed by atoms with Gasteiger partial charge in [0.25, 0.3) is 6.43 Å². The third kappa shape index (κ3) is 2.61. The zero-order valence-corrected chi connectivity index (χ0v) is 10.5. The SMILES string of the molecule is CC(C)N1[C@H]2CC[C@@H]1[C@H](N)[C@H](OCC(F)F)C2. The Morgan fingerprint density at radius 1 is 1.35 bits per heavy atom. The summed E-state index contributed by atoms with van der Waals surface area (Å²) in [5, 5.41) is 0. The fraction of sp³-hybridized carbons (Fsp3) is 1.00. The molecule has 2 N–H and O–H groups in total. The molecule has 17 heavy (non-hydrogen) atoms. The summed E-state index contributed by atoms with van der Waals surface area (Å²) >= 11 is 0. The Bertz CT molecular complexity index is 263. The molecule has 0 saturated carbocycles. The lowest BCUT2D eigenvalue weighted by Gasteiger charge is -2.45. The van der Waals surface area contributed by atoms with Gasteiger partial charge in [-0.2, -0.15) is 0 Å². The van der Waals surface area contributed by atoms with Crippen molar-refractivity contribution in [3.63, 3.8) is 0 Å². The van der Waals surface area contributed by atoms with Gasteiger partial charge in [-0.25, -0.2) is 8.78 Å². The smallest absolute Gasteiger partial charge is 0.261 e. The molecule has 100 valence electrons.